The van der Waals surface area contributed by atoms with Crippen molar-refractivity contribution in [1.82, 2.24) is 0 Å². The summed E-state index contributed by atoms with van der Waals surface area (Å²) >= 11 is 0. The van der Waals surface area contributed by atoms with E-state index in [2.05, 4.69) is 0 Å². The van der Waals surface area contributed by atoms with Gasteiger partial charge in [0.25, 0.3) is 0 Å². The molecule has 17 heavy (non-hydrogen) atoms. The molecule has 0 unspecified atom stereocenters. The van der Waals surface area contributed by atoms with Gasteiger partial charge in [-0.1, -0.05) is 103 Å². The number of hydrogen-bond acceptors (Lipinski definition) is 0. The average Bonchev–Trinajstić information content (AvgIpc) is 2.29. The summed E-state index contributed by atoms with van der Waals surface area (Å²) in [6.45, 7) is 0. The first-order valence-electron chi connectivity index (χ1n) is 8.00. The zero-order chi connectivity index (χ0) is 11.3. The van der Waals surface area contributed by atoms with Crippen molar-refractivity contribution in [2.24, 2.45) is 0 Å². The summed E-state index contributed by atoms with van der Waals surface area (Å²) in [6, 6.07) is 0. The second kappa shape index (κ2) is 14.7. The number of rotatable bonds is 0. The molecule has 1 heteroatoms. The van der Waals surface area contributed by atoms with Crippen LogP contribution in [0.4, 0.5) is 0 Å². The van der Waals surface area contributed by atoms with Gasteiger partial charge in [0, 0.05) is 19.5 Å². The minimum absolute atomic E-state index is 0. The molecule has 0 amide bonds. The molecule has 1 fully saturated rings. The van der Waals surface area contributed by atoms with E-state index < -0.39 is 0 Å². The Hall–Kier alpha value is 0.623. The van der Waals surface area contributed by atoms with Crippen LogP contribution in [-0.4, -0.2) is 0 Å². The molecule has 0 N–H and O–H groups in total. The molecule has 1 aliphatic rings. The van der Waals surface area contributed by atoms with Crippen LogP contribution in [0.3, 0.4) is 0 Å². The maximum absolute atomic E-state index is 1.50. The Morgan fingerprint density at radius 2 is 0.235 bits per heavy atom. The van der Waals surface area contributed by atoms with Gasteiger partial charge < -0.3 is 0 Å². The Kier molecular flexibility index (Phi) is 15.2. The van der Waals surface area contributed by atoms with Crippen molar-refractivity contribution in [3.8, 4) is 0 Å². The molecule has 1 aliphatic carbocycles. The van der Waals surface area contributed by atoms with E-state index in [-0.39, 0.29) is 19.5 Å². The van der Waals surface area contributed by atoms with Gasteiger partial charge in [-0.05, 0) is 0 Å². The molecule has 0 aromatic rings. The summed E-state index contributed by atoms with van der Waals surface area (Å²) in [6.07, 6.45) is 24.0. The van der Waals surface area contributed by atoms with Crippen LogP contribution in [0.2, 0.25) is 0 Å². The molecule has 0 aliphatic heterocycles. The summed E-state index contributed by atoms with van der Waals surface area (Å²) in [5.41, 5.74) is 0. The Bertz CT molecular complexity index is 69.5. The molecule has 0 bridgehead atoms. The first-order chi connectivity index (χ1) is 8.00. The molecule has 1 saturated carbocycles. The monoisotopic (exact) mass is 288 g/mol. The van der Waals surface area contributed by atoms with Crippen LogP contribution < -0.4 is 0 Å². The van der Waals surface area contributed by atoms with Crippen molar-refractivity contribution >= 4 is 0 Å². The fraction of sp³-hybridized carbons (Fsp3) is 1.00. The topological polar surface area (TPSA) is 0 Å². The Labute approximate surface area is 122 Å². The molecule has 0 spiro atoms. The number of hydrogen-bond donors (Lipinski definition) is 0. The zero-order valence-electron chi connectivity index (χ0n) is 12.0. The van der Waals surface area contributed by atoms with Crippen LogP contribution in [0, 0.1) is 0 Å². The van der Waals surface area contributed by atoms with Crippen LogP contribution in [0.1, 0.15) is 103 Å². The normalized spacial score (nSPS) is 22.6. The van der Waals surface area contributed by atoms with Gasteiger partial charge in [-0.25, -0.2) is 0 Å². The van der Waals surface area contributed by atoms with Gasteiger partial charge in [0.1, 0.15) is 0 Å². The minimum Gasteiger partial charge on any atom is -0.0533 e. The molecule has 1 rings (SSSR count). The van der Waals surface area contributed by atoms with Crippen molar-refractivity contribution in [3.63, 3.8) is 0 Å². The zero-order valence-corrected chi connectivity index (χ0v) is 15.0. The predicted octanol–water partition coefficient (Wildman–Crippen LogP) is 6.24. The van der Waals surface area contributed by atoms with E-state index in [0.29, 0.717) is 0 Å². The van der Waals surface area contributed by atoms with E-state index in [9.17, 15) is 0 Å². The quantitative estimate of drug-likeness (QED) is 0.463. The van der Waals surface area contributed by atoms with Gasteiger partial charge >= 0.3 is 0 Å². The Morgan fingerprint density at radius 1 is 0.176 bits per heavy atom. The van der Waals surface area contributed by atoms with Crippen LogP contribution in [0.5, 0.6) is 0 Å². The van der Waals surface area contributed by atoms with E-state index in [0.717, 1.165) is 0 Å². The van der Waals surface area contributed by atoms with Gasteiger partial charge in [0.15, 0.2) is 0 Å². The molecule has 98 valence electrons. The van der Waals surface area contributed by atoms with Crippen LogP contribution in [0.15, 0.2) is 0 Å². The fourth-order valence-electron chi connectivity index (χ4n) is 2.83. The van der Waals surface area contributed by atoms with Gasteiger partial charge in [-0.15, -0.1) is 0 Å². The van der Waals surface area contributed by atoms with Gasteiger partial charge in [0.05, 0.1) is 0 Å². The fourth-order valence-corrected chi connectivity index (χ4v) is 2.83. The molecule has 0 saturated heterocycles. The SMILES string of the molecule is C1CCCCCCCCCCCCCCC1.[Zn]. The molecule has 0 heterocycles. The van der Waals surface area contributed by atoms with Gasteiger partial charge in [-0.2, -0.15) is 0 Å². The van der Waals surface area contributed by atoms with E-state index in [4.69, 9.17) is 0 Å². The molecule has 0 aromatic heterocycles. The maximum Gasteiger partial charge on any atom is 0 e. The van der Waals surface area contributed by atoms with Gasteiger partial charge in [-0.3, -0.25) is 0 Å². The van der Waals surface area contributed by atoms with E-state index >= 15 is 0 Å². The third-order valence-electron chi connectivity index (χ3n) is 4.00. The first-order valence-corrected chi connectivity index (χ1v) is 8.00. The first kappa shape index (κ1) is 17.6. The van der Waals surface area contributed by atoms with Crippen LogP contribution in [-0.2, 0) is 19.5 Å². The largest absolute Gasteiger partial charge is 0.0533 e. The second-order valence-corrected chi connectivity index (χ2v) is 5.66. The standard InChI is InChI=1S/C16H32.Zn/c1-2-4-6-8-10-12-14-16-15-13-11-9-7-5-3-1;/h1-16H2;. The summed E-state index contributed by atoms with van der Waals surface area (Å²) in [7, 11) is 0. The van der Waals surface area contributed by atoms with E-state index in [1.54, 1.807) is 0 Å². The van der Waals surface area contributed by atoms with Crippen molar-refractivity contribution in [2.45, 2.75) is 103 Å². The van der Waals surface area contributed by atoms with Crippen molar-refractivity contribution in [2.75, 3.05) is 0 Å². The van der Waals surface area contributed by atoms with Crippen molar-refractivity contribution in [3.05, 3.63) is 0 Å². The summed E-state index contributed by atoms with van der Waals surface area (Å²) < 4.78 is 0. The van der Waals surface area contributed by atoms with E-state index in [1.807, 2.05) is 0 Å². The third-order valence-corrected chi connectivity index (χ3v) is 4.00. The summed E-state index contributed by atoms with van der Waals surface area (Å²) in [5, 5.41) is 0. The van der Waals surface area contributed by atoms with Crippen molar-refractivity contribution < 1.29 is 19.5 Å². The predicted molar refractivity (Wildman–Crippen MR) is 73.9 cm³/mol. The minimum atomic E-state index is 0. The molecule has 0 atom stereocenters. The second-order valence-electron chi connectivity index (χ2n) is 5.66. The Morgan fingerprint density at radius 3 is 0.294 bits per heavy atom. The summed E-state index contributed by atoms with van der Waals surface area (Å²) in [5.74, 6) is 0. The van der Waals surface area contributed by atoms with Crippen LogP contribution >= 0.6 is 0 Å². The molecular weight excluding hydrogens is 258 g/mol. The average molecular weight is 290 g/mol. The smallest absolute Gasteiger partial charge is 0 e. The summed E-state index contributed by atoms with van der Waals surface area (Å²) in [4.78, 5) is 0. The van der Waals surface area contributed by atoms with Crippen LogP contribution in [0.25, 0.3) is 0 Å². The molecule has 0 radical (unpaired) electrons. The van der Waals surface area contributed by atoms with Gasteiger partial charge in [0.2, 0.25) is 0 Å². The maximum atomic E-state index is 1.50. The molecular formula is C16H32Zn. The van der Waals surface area contributed by atoms with Crippen molar-refractivity contribution in [1.29, 1.82) is 0 Å². The Balaban J connectivity index is 0.00000256. The van der Waals surface area contributed by atoms with E-state index in [1.165, 1.54) is 103 Å². The molecule has 0 aromatic carbocycles. The molecule has 0 nitrogen and oxygen atoms in total. The third kappa shape index (κ3) is 12.9.